The van der Waals surface area contributed by atoms with E-state index in [-0.39, 0.29) is 0 Å². The van der Waals surface area contributed by atoms with Crippen LogP contribution in [0.15, 0.2) is 30.5 Å². The number of aryl methyl sites for hydroxylation is 4. The number of hydrogen-bond donors (Lipinski definition) is 1. The van der Waals surface area contributed by atoms with Crippen LogP contribution in [-0.4, -0.2) is 15.0 Å². The van der Waals surface area contributed by atoms with Crippen LogP contribution in [0.25, 0.3) is 10.7 Å². The molecule has 0 aliphatic carbocycles. The summed E-state index contributed by atoms with van der Waals surface area (Å²) in [5.74, 6) is 0.591. The standard InChI is InChI=1S/C17H18N4S/c1-10-7-11(2)9-14(8-10)20-17-18-6-5-15(21-17)16-19-12(3)13(4)22-16/h5-9H,1-4H3,(H,18,20,21). The quantitative estimate of drug-likeness (QED) is 0.769. The van der Waals surface area contributed by atoms with Gasteiger partial charge in [0.1, 0.15) is 10.7 Å². The molecule has 3 rings (SSSR count). The Kier molecular flexibility index (Phi) is 3.90. The molecule has 22 heavy (non-hydrogen) atoms. The van der Waals surface area contributed by atoms with Crippen molar-refractivity contribution >= 4 is 23.0 Å². The van der Waals surface area contributed by atoms with E-state index in [1.165, 1.54) is 16.0 Å². The molecule has 0 radical (unpaired) electrons. The summed E-state index contributed by atoms with van der Waals surface area (Å²) in [6.07, 6.45) is 1.76. The Morgan fingerprint density at radius 2 is 1.68 bits per heavy atom. The summed E-state index contributed by atoms with van der Waals surface area (Å²) in [5, 5.41) is 4.20. The fraction of sp³-hybridized carbons (Fsp3) is 0.235. The Bertz CT molecular complexity index is 784. The molecule has 0 aliphatic heterocycles. The fourth-order valence-electron chi connectivity index (χ4n) is 2.30. The summed E-state index contributed by atoms with van der Waals surface area (Å²) in [7, 11) is 0. The minimum atomic E-state index is 0.591. The highest BCUT2D eigenvalue weighted by Gasteiger charge is 2.09. The second-order valence-corrected chi connectivity index (χ2v) is 6.63. The van der Waals surface area contributed by atoms with E-state index in [2.05, 4.69) is 59.2 Å². The minimum absolute atomic E-state index is 0.591. The van der Waals surface area contributed by atoms with E-state index in [1.54, 1.807) is 17.5 Å². The Morgan fingerprint density at radius 3 is 2.32 bits per heavy atom. The van der Waals surface area contributed by atoms with Crippen LogP contribution in [0, 0.1) is 27.7 Å². The zero-order valence-electron chi connectivity index (χ0n) is 13.1. The van der Waals surface area contributed by atoms with Gasteiger partial charge in [0.05, 0.1) is 5.69 Å². The zero-order chi connectivity index (χ0) is 15.7. The molecule has 0 aliphatic rings. The van der Waals surface area contributed by atoms with Gasteiger partial charge in [0.2, 0.25) is 5.95 Å². The first-order valence-electron chi connectivity index (χ1n) is 7.14. The lowest BCUT2D eigenvalue weighted by Crippen LogP contribution is -1.98. The summed E-state index contributed by atoms with van der Waals surface area (Å²) in [6, 6.07) is 8.20. The van der Waals surface area contributed by atoms with E-state index in [9.17, 15) is 0 Å². The first-order valence-corrected chi connectivity index (χ1v) is 7.96. The highest BCUT2D eigenvalue weighted by atomic mass is 32.1. The van der Waals surface area contributed by atoms with Gasteiger partial charge in [0.25, 0.3) is 0 Å². The highest BCUT2D eigenvalue weighted by Crippen LogP contribution is 2.26. The van der Waals surface area contributed by atoms with Crippen molar-refractivity contribution in [2.45, 2.75) is 27.7 Å². The average molecular weight is 310 g/mol. The van der Waals surface area contributed by atoms with Gasteiger partial charge in [-0.1, -0.05) is 6.07 Å². The van der Waals surface area contributed by atoms with Crippen LogP contribution >= 0.6 is 11.3 Å². The summed E-state index contributed by atoms with van der Waals surface area (Å²) in [6.45, 7) is 8.25. The average Bonchev–Trinajstić information content (AvgIpc) is 2.78. The molecule has 112 valence electrons. The van der Waals surface area contributed by atoms with Crippen LogP contribution in [0.4, 0.5) is 11.6 Å². The van der Waals surface area contributed by atoms with Gasteiger partial charge in [-0.05, 0) is 57.0 Å². The predicted molar refractivity (Wildman–Crippen MR) is 91.8 cm³/mol. The molecule has 0 amide bonds. The maximum atomic E-state index is 4.58. The third-order valence-electron chi connectivity index (χ3n) is 3.38. The van der Waals surface area contributed by atoms with Gasteiger partial charge in [0, 0.05) is 16.8 Å². The lowest BCUT2D eigenvalue weighted by atomic mass is 10.1. The third-order valence-corrected chi connectivity index (χ3v) is 4.48. The fourth-order valence-corrected chi connectivity index (χ4v) is 3.18. The molecule has 0 saturated heterocycles. The number of nitrogens with zero attached hydrogens (tertiary/aromatic N) is 3. The lowest BCUT2D eigenvalue weighted by Gasteiger charge is -2.07. The molecule has 0 fully saturated rings. The van der Waals surface area contributed by atoms with E-state index < -0.39 is 0 Å². The molecule has 2 aromatic heterocycles. The largest absolute Gasteiger partial charge is 0.324 e. The van der Waals surface area contributed by atoms with E-state index in [4.69, 9.17) is 0 Å². The van der Waals surface area contributed by atoms with Crippen LogP contribution in [0.5, 0.6) is 0 Å². The van der Waals surface area contributed by atoms with Crippen molar-refractivity contribution in [2.75, 3.05) is 5.32 Å². The van der Waals surface area contributed by atoms with Crippen molar-refractivity contribution in [1.82, 2.24) is 15.0 Å². The third kappa shape index (κ3) is 3.14. The maximum Gasteiger partial charge on any atom is 0.227 e. The summed E-state index contributed by atoms with van der Waals surface area (Å²) in [5.41, 5.74) is 5.33. The number of thiazole rings is 1. The second-order valence-electron chi connectivity index (χ2n) is 5.43. The Labute approximate surface area is 134 Å². The molecule has 1 aromatic carbocycles. The minimum Gasteiger partial charge on any atom is -0.324 e. The van der Waals surface area contributed by atoms with E-state index in [1.807, 2.05) is 13.0 Å². The topological polar surface area (TPSA) is 50.7 Å². The normalized spacial score (nSPS) is 10.7. The van der Waals surface area contributed by atoms with E-state index in [0.717, 1.165) is 22.1 Å². The number of aromatic nitrogens is 3. The summed E-state index contributed by atoms with van der Waals surface area (Å²) in [4.78, 5) is 14.7. The summed E-state index contributed by atoms with van der Waals surface area (Å²) >= 11 is 1.66. The van der Waals surface area contributed by atoms with Crippen molar-refractivity contribution < 1.29 is 0 Å². The zero-order valence-corrected chi connectivity index (χ0v) is 14.0. The Hall–Kier alpha value is -2.27. The smallest absolute Gasteiger partial charge is 0.227 e. The van der Waals surface area contributed by atoms with Crippen LogP contribution in [0.3, 0.4) is 0 Å². The molecule has 3 aromatic rings. The monoisotopic (exact) mass is 310 g/mol. The van der Waals surface area contributed by atoms with Gasteiger partial charge >= 0.3 is 0 Å². The number of nitrogens with one attached hydrogen (secondary N) is 1. The molecule has 4 nitrogen and oxygen atoms in total. The molecule has 0 bridgehead atoms. The Balaban J connectivity index is 1.91. The van der Waals surface area contributed by atoms with Crippen LogP contribution < -0.4 is 5.32 Å². The second kappa shape index (κ2) is 5.85. The molecule has 0 spiro atoms. The SMILES string of the molecule is Cc1cc(C)cc(Nc2nccc(-c3nc(C)c(C)s3)n2)c1. The predicted octanol–water partition coefficient (Wildman–Crippen LogP) is 4.58. The van der Waals surface area contributed by atoms with Gasteiger partial charge in [-0.25, -0.2) is 15.0 Å². The molecular weight excluding hydrogens is 292 g/mol. The number of hydrogen-bond acceptors (Lipinski definition) is 5. The molecule has 0 unspecified atom stereocenters. The van der Waals surface area contributed by atoms with Gasteiger partial charge in [-0.2, -0.15) is 0 Å². The molecule has 2 heterocycles. The Morgan fingerprint density at radius 1 is 0.955 bits per heavy atom. The molecule has 5 heteroatoms. The maximum absolute atomic E-state index is 4.58. The van der Waals surface area contributed by atoms with Crippen LogP contribution in [0.1, 0.15) is 21.7 Å². The molecular formula is C17H18N4S. The van der Waals surface area contributed by atoms with Crippen molar-refractivity contribution in [1.29, 1.82) is 0 Å². The summed E-state index contributed by atoms with van der Waals surface area (Å²) < 4.78 is 0. The number of benzene rings is 1. The lowest BCUT2D eigenvalue weighted by molar-refractivity contribution is 1.15. The molecule has 1 N–H and O–H groups in total. The van der Waals surface area contributed by atoms with Gasteiger partial charge in [0.15, 0.2) is 0 Å². The van der Waals surface area contributed by atoms with Gasteiger partial charge in [-0.15, -0.1) is 11.3 Å². The van der Waals surface area contributed by atoms with Gasteiger partial charge in [-0.3, -0.25) is 0 Å². The van der Waals surface area contributed by atoms with Crippen LogP contribution in [0.2, 0.25) is 0 Å². The highest BCUT2D eigenvalue weighted by molar-refractivity contribution is 7.15. The van der Waals surface area contributed by atoms with Crippen molar-refractivity contribution in [2.24, 2.45) is 0 Å². The van der Waals surface area contributed by atoms with Crippen molar-refractivity contribution in [3.05, 3.63) is 52.2 Å². The molecule has 0 atom stereocenters. The number of anilines is 2. The van der Waals surface area contributed by atoms with Crippen molar-refractivity contribution in [3.8, 4) is 10.7 Å². The van der Waals surface area contributed by atoms with Crippen LogP contribution in [-0.2, 0) is 0 Å². The van der Waals surface area contributed by atoms with E-state index in [0.29, 0.717) is 5.95 Å². The van der Waals surface area contributed by atoms with E-state index >= 15 is 0 Å². The number of rotatable bonds is 3. The van der Waals surface area contributed by atoms with Crippen molar-refractivity contribution in [3.63, 3.8) is 0 Å². The first-order chi connectivity index (χ1) is 10.5. The molecule has 0 saturated carbocycles. The van der Waals surface area contributed by atoms with Gasteiger partial charge < -0.3 is 5.32 Å². The first kappa shape index (κ1) is 14.7.